The number of benzene rings is 1. The van der Waals surface area contributed by atoms with E-state index in [0.29, 0.717) is 38.2 Å². The molecule has 3 rings (SSSR count). The third-order valence-corrected chi connectivity index (χ3v) is 4.38. The quantitative estimate of drug-likeness (QED) is 0.596. The molecule has 2 heterocycles. The summed E-state index contributed by atoms with van der Waals surface area (Å²) in [5.41, 5.74) is 1.22. The highest BCUT2D eigenvalue weighted by atomic mass is 16.2. The van der Waals surface area contributed by atoms with Crippen molar-refractivity contribution in [1.29, 1.82) is 0 Å². The van der Waals surface area contributed by atoms with Gasteiger partial charge in [-0.1, -0.05) is 6.07 Å². The van der Waals surface area contributed by atoms with Crippen LogP contribution in [0.3, 0.4) is 0 Å². The van der Waals surface area contributed by atoms with Gasteiger partial charge in [-0.15, -0.1) is 0 Å². The molecule has 1 aromatic heterocycles. The molecule has 0 spiro atoms. The summed E-state index contributed by atoms with van der Waals surface area (Å²) in [6, 6.07) is 7.00. The standard InChI is InChI=1S/C19H23N5O3/c25-17-7-1-2-11-24(17)16-6-3-5-15(13-16)22-19(27)18(26)21-8-4-10-23-12-9-20-14-23/h3,5-6,9,12-14H,1-2,4,7-8,10-11H2,(H,21,26)(H,22,27). The zero-order valence-electron chi connectivity index (χ0n) is 15.1. The molecule has 1 saturated heterocycles. The molecule has 2 aromatic rings. The van der Waals surface area contributed by atoms with Crippen LogP contribution in [0.5, 0.6) is 0 Å². The second kappa shape index (κ2) is 8.98. The fourth-order valence-electron chi connectivity index (χ4n) is 2.98. The third-order valence-electron chi connectivity index (χ3n) is 4.38. The van der Waals surface area contributed by atoms with E-state index < -0.39 is 11.8 Å². The van der Waals surface area contributed by atoms with E-state index in [1.165, 1.54) is 0 Å². The van der Waals surface area contributed by atoms with E-state index in [9.17, 15) is 14.4 Å². The molecule has 0 atom stereocenters. The van der Waals surface area contributed by atoms with Crippen molar-refractivity contribution in [2.45, 2.75) is 32.2 Å². The molecular weight excluding hydrogens is 346 g/mol. The van der Waals surface area contributed by atoms with E-state index in [0.717, 1.165) is 18.5 Å². The van der Waals surface area contributed by atoms with Crippen molar-refractivity contribution in [2.75, 3.05) is 23.3 Å². The molecule has 1 aliphatic rings. The maximum atomic E-state index is 12.1. The van der Waals surface area contributed by atoms with Crippen LogP contribution in [0.15, 0.2) is 43.0 Å². The minimum atomic E-state index is -0.722. The van der Waals surface area contributed by atoms with Gasteiger partial charge in [-0.25, -0.2) is 4.98 Å². The highest BCUT2D eigenvalue weighted by Gasteiger charge is 2.20. The smallest absolute Gasteiger partial charge is 0.313 e. The molecule has 142 valence electrons. The molecule has 0 radical (unpaired) electrons. The maximum absolute atomic E-state index is 12.1. The first-order chi connectivity index (χ1) is 13.1. The number of carbonyl (C=O) groups is 3. The molecule has 0 aliphatic carbocycles. The Kier molecular flexibility index (Phi) is 6.19. The van der Waals surface area contributed by atoms with Crippen molar-refractivity contribution in [1.82, 2.24) is 14.9 Å². The summed E-state index contributed by atoms with van der Waals surface area (Å²) in [4.78, 5) is 41.7. The van der Waals surface area contributed by atoms with Gasteiger partial charge in [-0.3, -0.25) is 14.4 Å². The lowest BCUT2D eigenvalue weighted by Crippen LogP contribution is -2.36. The summed E-state index contributed by atoms with van der Waals surface area (Å²) in [6.07, 6.45) is 8.34. The predicted molar refractivity (Wildman–Crippen MR) is 101 cm³/mol. The first kappa shape index (κ1) is 18.6. The van der Waals surface area contributed by atoms with Crippen LogP contribution in [0.25, 0.3) is 0 Å². The minimum Gasteiger partial charge on any atom is -0.348 e. The van der Waals surface area contributed by atoms with Crippen LogP contribution in [0.1, 0.15) is 25.7 Å². The summed E-state index contributed by atoms with van der Waals surface area (Å²) in [5, 5.41) is 5.19. The van der Waals surface area contributed by atoms with Gasteiger partial charge in [0.15, 0.2) is 0 Å². The number of carbonyl (C=O) groups excluding carboxylic acids is 3. The van der Waals surface area contributed by atoms with Crippen molar-refractivity contribution >= 4 is 29.1 Å². The van der Waals surface area contributed by atoms with Crippen LogP contribution in [-0.4, -0.2) is 40.4 Å². The predicted octanol–water partition coefficient (Wildman–Crippen LogP) is 1.54. The van der Waals surface area contributed by atoms with Gasteiger partial charge in [-0.2, -0.15) is 0 Å². The molecular formula is C19H23N5O3. The summed E-state index contributed by atoms with van der Waals surface area (Å²) >= 11 is 0. The Morgan fingerprint density at radius 1 is 1.19 bits per heavy atom. The molecule has 8 heteroatoms. The summed E-state index contributed by atoms with van der Waals surface area (Å²) in [7, 11) is 0. The number of aromatic nitrogens is 2. The zero-order chi connectivity index (χ0) is 19.1. The van der Waals surface area contributed by atoms with Gasteiger partial charge in [-0.05, 0) is 37.5 Å². The van der Waals surface area contributed by atoms with Crippen molar-refractivity contribution < 1.29 is 14.4 Å². The van der Waals surface area contributed by atoms with Crippen LogP contribution in [0, 0.1) is 0 Å². The number of piperidine rings is 1. The number of aryl methyl sites for hydroxylation is 1. The van der Waals surface area contributed by atoms with Crippen molar-refractivity contribution in [3.63, 3.8) is 0 Å². The summed E-state index contributed by atoms with van der Waals surface area (Å²) in [6.45, 7) is 1.79. The molecule has 27 heavy (non-hydrogen) atoms. The van der Waals surface area contributed by atoms with Crippen molar-refractivity contribution in [2.24, 2.45) is 0 Å². The second-order valence-electron chi connectivity index (χ2n) is 6.42. The van der Waals surface area contributed by atoms with Crippen LogP contribution in [-0.2, 0) is 20.9 Å². The Hall–Kier alpha value is -3.16. The highest BCUT2D eigenvalue weighted by Crippen LogP contribution is 2.23. The van der Waals surface area contributed by atoms with Gasteiger partial charge >= 0.3 is 11.8 Å². The molecule has 1 fully saturated rings. The Labute approximate surface area is 157 Å². The number of amides is 3. The number of rotatable bonds is 6. The lowest BCUT2D eigenvalue weighted by molar-refractivity contribution is -0.136. The topological polar surface area (TPSA) is 96.3 Å². The number of nitrogens with one attached hydrogen (secondary N) is 2. The second-order valence-corrected chi connectivity index (χ2v) is 6.42. The molecule has 1 aliphatic heterocycles. The molecule has 3 amide bonds. The summed E-state index contributed by atoms with van der Waals surface area (Å²) in [5.74, 6) is -1.32. The van der Waals surface area contributed by atoms with E-state index >= 15 is 0 Å². The molecule has 1 aromatic carbocycles. The molecule has 0 saturated carbocycles. The van der Waals surface area contributed by atoms with E-state index in [1.54, 1.807) is 35.6 Å². The average Bonchev–Trinajstić information content (AvgIpc) is 3.19. The van der Waals surface area contributed by atoms with E-state index in [1.807, 2.05) is 16.8 Å². The fraction of sp³-hybridized carbons (Fsp3) is 0.368. The maximum Gasteiger partial charge on any atom is 0.313 e. The Balaban J connectivity index is 1.48. The van der Waals surface area contributed by atoms with E-state index in [2.05, 4.69) is 15.6 Å². The van der Waals surface area contributed by atoms with Gasteiger partial charge in [0, 0.05) is 49.8 Å². The van der Waals surface area contributed by atoms with Gasteiger partial charge in [0.25, 0.3) is 0 Å². The van der Waals surface area contributed by atoms with E-state index in [-0.39, 0.29) is 5.91 Å². The lowest BCUT2D eigenvalue weighted by atomic mass is 10.1. The zero-order valence-corrected chi connectivity index (χ0v) is 15.1. The van der Waals surface area contributed by atoms with Gasteiger partial charge in [0.2, 0.25) is 5.91 Å². The molecule has 8 nitrogen and oxygen atoms in total. The monoisotopic (exact) mass is 369 g/mol. The Morgan fingerprint density at radius 2 is 2.07 bits per heavy atom. The lowest BCUT2D eigenvalue weighted by Gasteiger charge is -2.27. The first-order valence-corrected chi connectivity index (χ1v) is 9.09. The van der Waals surface area contributed by atoms with Gasteiger partial charge in [0.05, 0.1) is 6.33 Å². The Bertz CT molecular complexity index is 803. The van der Waals surface area contributed by atoms with Crippen molar-refractivity contribution in [3.05, 3.63) is 43.0 Å². The van der Waals surface area contributed by atoms with Crippen LogP contribution in [0.4, 0.5) is 11.4 Å². The van der Waals surface area contributed by atoms with Crippen molar-refractivity contribution in [3.8, 4) is 0 Å². The normalized spacial score (nSPS) is 14.1. The number of anilines is 2. The van der Waals surface area contributed by atoms with Gasteiger partial charge in [0.1, 0.15) is 0 Å². The molecule has 0 bridgehead atoms. The van der Waals surface area contributed by atoms with E-state index in [4.69, 9.17) is 0 Å². The van der Waals surface area contributed by atoms with Gasteiger partial charge < -0.3 is 20.1 Å². The van der Waals surface area contributed by atoms with Crippen LogP contribution in [0.2, 0.25) is 0 Å². The largest absolute Gasteiger partial charge is 0.348 e. The SMILES string of the molecule is O=C(NCCCn1ccnc1)C(=O)Nc1cccc(N2CCCCC2=O)c1. The number of hydrogen-bond donors (Lipinski definition) is 2. The number of nitrogens with zero attached hydrogens (tertiary/aromatic N) is 3. The average molecular weight is 369 g/mol. The highest BCUT2D eigenvalue weighted by molar-refractivity contribution is 6.39. The first-order valence-electron chi connectivity index (χ1n) is 9.09. The van der Waals surface area contributed by atoms with Crippen LogP contribution >= 0.6 is 0 Å². The third kappa shape index (κ3) is 5.16. The molecule has 2 N–H and O–H groups in total. The summed E-state index contributed by atoms with van der Waals surface area (Å²) < 4.78 is 1.90. The number of imidazole rings is 1. The fourth-order valence-corrected chi connectivity index (χ4v) is 2.98. The minimum absolute atomic E-state index is 0.0837. The Morgan fingerprint density at radius 3 is 2.85 bits per heavy atom. The van der Waals surface area contributed by atoms with Crippen LogP contribution < -0.4 is 15.5 Å². The number of hydrogen-bond acceptors (Lipinski definition) is 4. The molecule has 0 unspecified atom stereocenters.